The molecule has 1 saturated carbocycles. The van der Waals surface area contributed by atoms with E-state index in [9.17, 15) is 0 Å². The Balaban J connectivity index is 1.93. The standard InChI is InChI=1S/C12H20N4/c1-2-16-9-14-15-11(16)10-7-13-8-12(10)5-3-4-6-12/h9-10,13H,2-8H2,1H3. The first-order valence-electron chi connectivity index (χ1n) is 6.44. The predicted molar refractivity (Wildman–Crippen MR) is 62.2 cm³/mol. The van der Waals surface area contributed by atoms with Gasteiger partial charge in [-0.1, -0.05) is 12.8 Å². The van der Waals surface area contributed by atoms with E-state index < -0.39 is 0 Å². The lowest BCUT2D eigenvalue weighted by Crippen LogP contribution is -2.27. The van der Waals surface area contributed by atoms with Gasteiger partial charge < -0.3 is 9.88 Å². The van der Waals surface area contributed by atoms with E-state index in [0.29, 0.717) is 11.3 Å². The van der Waals surface area contributed by atoms with Crippen molar-refractivity contribution in [3.63, 3.8) is 0 Å². The van der Waals surface area contributed by atoms with Crippen molar-refractivity contribution in [3.8, 4) is 0 Å². The summed E-state index contributed by atoms with van der Waals surface area (Å²) in [5.74, 6) is 1.78. The molecular formula is C12H20N4. The zero-order valence-electron chi connectivity index (χ0n) is 9.95. The molecular weight excluding hydrogens is 200 g/mol. The van der Waals surface area contributed by atoms with Crippen molar-refractivity contribution < 1.29 is 0 Å². The predicted octanol–water partition coefficient (Wildman–Crippen LogP) is 1.55. The van der Waals surface area contributed by atoms with Gasteiger partial charge in [-0.3, -0.25) is 0 Å². The SMILES string of the molecule is CCn1cnnc1C1CNCC12CCCC2. The van der Waals surface area contributed by atoms with Crippen LogP contribution in [0.4, 0.5) is 0 Å². The van der Waals surface area contributed by atoms with E-state index in [1.54, 1.807) is 0 Å². The number of hydrogen-bond acceptors (Lipinski definition) is 3. The molecule has 1 aliphatic heterocycles. The Hall–Kier alpha value is -0.900. The third kappa shape index (κ3) is 1.39. The van der Waals surface area contributed by atoms with Gasteiger partial charge in [-0.15, -0.1) is 10.2 Å². The van der Waals surface area contributed by atoms with E-state index in [1.165, 1.54) is 38.1 Å². The maximum atomic E-state index is 4.36. The van der Waals surface area contributed by atoms with E-state index in [2.05, 4.69) is 27.0 Å². The topological polar surface area (TPSA) is 42.7 Å². The van der Waals surface area contributed by atoms with Crippen LogP contribution in [0.5, 0.6) is 0 Å². The van der Waals surface area contributed by atoms with Gasteiger partial charge in [0.1, 0.15) is 12.2 Å². The fraction of sp³-hybridized carbons (Fsp3) is 0.833. The van der Waals surface area contributed by atoms with Crippen LogP contribution >= 0.6 is 0 Å². The van der Waals surface area contributed by atoms with Crippen LogP contribution in [0, 0.1) is 5.41 Å². The minimum Gasteiger partial charge on any atom is -0.318 e. The van der Waals surface area contributed by atoms with Gasteiger partial charge in [0.05, 0.1) is 0 Å². The minimum absolute atomic E-state index is 0.486. The molecule has 0 bridgehead atoms. The molecule has 0 radical (unpaired) electrons. The van der Waals surface area contributed by atoms with Crippen molar-refractivity contribution >= 4 is 0 Å². The molecule has 4 heteroatoms. The zero-order chi connectivity index (χ0) is 11.0. The minimum atomic E-state index is 0.486. The summed E-state index contributed by atoms with van der Waals surface area (Å²) in [5, 5.41) is 12.0. The lowest BCUT2D eigenvalue weighted by Gasteiger charge is -2.29. The van der Waals surface area contributed by atoms with Gasteiger partial charge in [0, 0.05) is 25.6 Å². The molecule has 2 heterocycles. The summed E-state index contributed by atoms with van der Waals surface area (Å²) in [6.45, 7) is 5.40. The van der Waals surface area contributed by atoms with Crippen LogP contribution in [0.3, 0.4) is 0 Å². The van der Waals surface area contributed by atoms with Crippen molar-refractivity contribution in [2.45, 2.75) is 45.1 Å². The van der Waals surface area contributed by atoms with Crippen LogP contribution in [-0.2, 0) is 6.54 Å². The summed E-state index contributed by atoms with van der Waals surface area (Å²) < 4.78 is 2.21. The molecule has 1 aliphatic carbocycles. The molecule has 16 heavy (non-hydrogen) atoms. The number of aryl methyl sites for hydroxylation is 1. The number of rotatable bonds is 2. The Kier molecular flexibility index (Phi) is 2.46. The maximum Gasteiger partial charge on any atom is 0.137 e. The van der Waals surface area contributed by atoms with Crippen molar-refractivity contribution in [3.05, 3.63) is 12.2 Å². The number of aromatic nitrogens is 3. The van der Waals surface area contributed by atoms with Crippen molar-refractivity contribution in [1.29, 1.82) is 0 Å². The molecule has 88 valence electrons. The molecule has 1 atom stereocenters. The van der Waals surface area contributed by atoms with Crippen molar-refractivity contribution in [2.24, 2.45) is 5.41 Å². The first kappa shape index (κ1) is 10.3. The molecule has 4 nitrogen and oxygen atoms in total. The van der Waals surface area contributed by atoms with Gasteiger partial charge in [0.25, 0.3) is 0 Å². The molecule has 2 fully saturated rings. The fourth-order valence-electron chi connectivity index (χ4n) is 3.55. The highest BCUT2D eigenvalue weighted by atomic mass is 15.3. The second-order valence-electron chi connectivity index (χ2n) is 5.23. The number of nitrogens with one attached hydrogen (secondary N) is 1. The number of nitrogens with zero attached hydrogens (tertiary/aromatic N) is 3. The Morgan fingerprint density at radius 3 is 3.06 bits per heavy atom. The molecule has 1 spiro atoms. The van der Waals surface area contributed by atoms with Crippen molar-refractivity contribution in [2.75, 3.05) is 13.1 Å². The van der Waals surface area contributed by atoms with Crippen LogP contribution in [-0.4, -0.2) is 27.9 Å². The molecule has 1 saturated heterocycles. The van der Waals surface area contributed by atoms with E-state index in [0.717, 1.165) is 13.1 Å². The first-order valence-corrected chi connectivity index (χ1v) is 6.44. The van der Waals surface area contributed by atoms with Crippen LogP contribution in [0.2, 0.25) is 0 Å². The van der Waals surface area contributed by atoms with Gasteiger partial charge in [-0.25, -0.2) is 0 Å². The fourth-order valence-corrected chi connectivity index (χ4v) is 3.55. The molecule has 1 aromatic rings. The maximum absolute atomic E-state index is 4.36. The molecule has 0 aromatic carbocycles. The molecule has 2 aliphatic rings. The average molecular weight is 220 g/mol. The highest BCUT2D eigenvalue weighted by Crippen LogP contribution is 2.50. The third-order valence-electron chi connectivity index (χ3n) is 4.46. The molecule has 0 amide bonds. The van der Waals surface area contributed by atoms with Gasteiger partial charge >= 0.3 is 0 Å². The monoisotopic (exact) mass is 220 g/mol. The summed E-state index contributed by atoms with van der Waals surface area (Å²) in [7, 11) is 0. The summed E-state index contributed by atoms with van der Waals surface area (Å²) in [6, 6.07) is 0. The summed E-state index contributed by atoms with van der Waals surface area (Å²) in [5.41, 5.74) is 0.486. The normalized spacial score (nSPS) is 27.9. The van der Waals surface area contributed by atoms with Crippen LogP contribution in [0.1, 0.15) is 44.3 Å². The van der Waals surface area contributed by atoms with Gasteiger partial charge in [0.15, 0.2) is 0 Å². The molecule has 3 rings (SSSR count). The smallest absolute Gasteiger partial charge is 0.137 e. The van der Waals surface area contributed by atoms with E-state index in [4.69, 9.17) is 0 Å². The Morgan fingerprint density at radius 1 is 1.50 bits per heavy atom. The highest BCUT2D eigenvalue weighted by Gasteiger charge is 2.47. The molecule has 1 aromatic heterocycles. The van der Waals surface area contributed by atoms with Gasteiger partial charge in [-0.05, 0) is 25.2 Å². The molecule has 1 N–H and O–H groups in total. The summed E-state index contributed by atoms with van der Waals surface area (Å²) >= 11 is 0. The van der Waals surface area contributed by atoms with Gasteiger partial charge in [-0.2, -0.15) is 0 Å². The quantitative estimate of drug-likeness (QED) is 0.822. The highest BCUT2D eigenvalue weighted by molar-refractivity contribution is 5.12. The van der Waals surface area contributed by atoms with Gasteiger partial charge in [0.2, 0.25) is 0 Å². The zero-order valence-corrected chi connectivity index (χ0v) is 9.95. The van der Waals surface area contributed by atoms with Crippen LogP contribution in [0.25, 0.3) is 0 Å². The van der Waals surface area contributed by atoms with E-state index in [-0.39, 0.29) is 0 Å². The average Bonchev–Trinajstić information content (AvgIpc) is 3.01. The van der Waals surface area contributed by atoms with Crippen LogP contribution < -0.4 is 5.32 Å². The first-order chi connectivity index (χ1) is 7.86. The number of hydrogen-bond donors (Lipinski definition) is 1. The van der Waals surface area contributed by atoms with Crippen LogP contribution in [0.15, 0.2) is 6.33 Å². The lowest BCUT2D eigenvalue weighted by molar-refractivity contribution is 0.281. The lowest BCUT2D eigenvalue weighted by atomic mass is 9.76. The molecule has 1 unspecified atom stereocenters. The third-order valence-corrected chi connectivity index (χ3v) is 4.46. The van der Waals surface area contributed by atoms with E-state index in [1.807, 2.05) is 6.33 Å². The largest absolute Gasteiger partial charge is 0.318 e. The van der Waals surface area contributed by atoms with Crippen molar-refractivity contribution in [1.82, 2.24) is 20.1 Å². The summed E-state index contributed by atoms with van der Waals surface area (Å²) in [4.78, 5) is 0. The Labute approximate surface area is 96.4 Å². The second-order valence-corrected chi connectivity index (χ2v) is 5.23. The summed E-state index contributed by atoms with van der Waals surface area (Å²) in [6.07, 6.45) is 7.37. The Bertz CT molecular complexity index is 359. The van der Waals surface area contributed by atoms with E-state index >= 15 is 0 Å². The Morgan fingerprint density at radius 2 is 2.31 bits per heavy atom. The second kappa shape index (κ2) is 3.84.